The fraction of sp³-hybridized carbons (Fsp3) is 0.722. The van der Waals surface area contributed by atoms with Crippen LogP contribution in [0.5, 0.6) is 0 Å². The molecule has 0 radical (unpaired) electrons. The van der Waals surface area contributed by atoms with Gasteiger partial charge in [0.25, 0.3) is 0 Å². The first-order valence-electron chi connectivity index (χ1n) is 9.27. The van der Waals surface area contributed by atoms with Crippen LogP contribution in [0.1, 0.15) is 31.4 Å². The monoisotopic (exact) mass is 363 g/mol. The molecule has 1 spiro atoms. The van der Waals surface area contributed by atoms with Gasteiger partial charge in [-0.05, 0) is 26.2 Å². The molecule has 2 saturated heterocycles. The van der Waals surface area contributed by atoms with E-state index in [1.165, 1.54) is 0 Å². The standard InChI is InChI=1S/C18H29N5O3/c1-14-10-15(19)23(20-14)11-17(25)21-7-3-5-18(12-21)6-4-16(24)22(13-18)8-9-26-2/h10H,3-9,11-13,19H2,1-2H3. The third-order valence-electron chi connectivity index (χ3n) is 5.55. The van der Waals surface area contributed by atoms with Crippen molar-refractivity contribution >= 4 is 17.6 Å². The summed E-state index contributed by atoms with van der Waals surface area (Å²) in [5, 5.41) is 4.28. The maximum atomic E-state index is 12.8. The van der Waals surface area contributed by atoms with Crippen LogP contribution >= 0.6 is 0 Å². The lowest BCUT2D eigenvalue weighted by molar-refractivity contribution is -0.144. The summed E-state index contributed by atoms with van der Waals surface area (Å²) in [7, 11) is 1.65. The molecular formula is C18H29N5O3. The first kappa shape index (κ1) is 18.7. The number of carbonyl (C=O) groups is 2. The van der Waals surface area contributed by atoms with Gasteiger partial charge in [-0.3, -0.25) is 9.59 Å². The summed E-state index contributed by atoms with van der Waals surface area (Å²) >= 11 is 0. The summed E-state index contributed by atoms with van der Waals surface area (Å²) in [6.45, 7) is 5.36. The summed E-state index contributed by atoms with van der Waals surface area (Å²) in [6.07, 6.45) is 3.42. The number of aryl methyl sites for hydroxylation is 1. The number of nitrogens with two attached hydrogens (primary N) is 1. The number of likely N-dealkylation sites (tertiary alicyclic amines) is 2. The molecule has 3 heterocycles. The topological polar surface area (TPSA) is 93.7 Å². The normalized spacial score (nSPS) is 23.7. The van der Waals surface area contributed by atoms with E-state index >= 15 is 0 Å². The Morgan fingerprint density at radius 2 is 2.19 bits per heavy atom. The number of methoxy groups -OCH3 is 1. The zero-order chi connectivity index (χ0) is 18.7. The van der Waals surface area contributed by atoms with Crippen molar-refractivity contribution in [1.82, 2.24) is 19.6 Å². The van der Waals surface area contributed by atoms with Crippen LogP contribution < -0.4 is 5.73 Å². The van der Waals surface area contributed by atoms with Gasteiger partial charge in [-0.2, -0.15) is 5.10 Å². The van der Waals surface area contributed by atoms with E-state index in [4.69, 9.17) is 10.5 Å². The van der Waals surface area contributed by atoms with Crippen LogP contribution in [0, 0.1) is 12.3 Å². The molecule has 8 nitrogen and oxygen atoms in total. The Morgan fingerprint density at radius 1 is 1.38 bits per heavy atom. The van der Waals surface area contributed by atoms with Crippen LogP contribution in [0.2, 0.25) is 0 Å². The minimum atomic E-state index is 0.00113. The van der Waals surface area contributed by atoms with Crippen molar-refractivity contribution in [2.75, 3.05) is 45.6 Å². The molecule has 3 rings (SSSR count). The summed E-state index contributed by atoms with van der Waals surface area (Å²) < 4.78 is 6.69. The van der Waals surface area contributed by atoms with Crippen LogP contribution in [0.4, 0.5) is 5.82 Å². The highest BCUT2D eigenvalue weighted by Crippen LogP contribution is 2.38. The summed E-state index contributed by atoms with van der Waals surface area (Å²) in [6, 6.07) is 1.77. The van der Waals surface area contributed by atoms with E-state index in [9.17, 15) is 9.59 Å². The van der Waals surface area contributed by atoms with Crippen LogP contribution in [0.15, 0.2) is 6.07 Å². The number of carbonyl (C=O) groups excluding carboxylic acids is 2. The molecule has 8 heteroatoms. The number of nitrogen functional groups attached to an aromatic ring is 1. The quantitative estimate of drug-likeness (QED) is 0.829. The van der Waals surface area contributed by atoms with Gasteiger partial charge in [0, 0.05) is 51.2 Å². The molecule has 0 aliphatic carbocycles. The highest BCUT2D eigenvalue weighted by Gasteiger charge is 2.42. The third kappa shape index (κ3) is 4.00. The Morgan fingerprint density at radius 3 is 2.88 bits per heavy atom. The SMILES string of the molecule is COCCN1CC2(CCCN(C(=O)Cn3nc(C)cc3N)C2)CCC1=O. The second-order valence-corrected chi connectivity index (χ2v) is 7.60. The highest BCUT2D eigenvalue weighted by molar-refractivity contribution is 5.78. The highest BCUT2D eigenvalue weighted by atomic mass is 16.5. The lowest BCUT2D eigenvalue weighted by Crippen LogP contribution is -2.55. The Bertz CT molecular complexity index is 674. The van der Waals surface area contributed by atoms with Crippen LogP contribution in [-0.4, -0.2) is 71.3 Å². The van der Waals surface area contributed by atoms with Crippen molar-refractivity contribution in [3.8, 4) is 0 Å². The number of aromatic nitrogens is 2. The number of anilines is 1. The van der Waals surface area contributed by atoms with Gasteiger partial charge < -0.3 is 20.3 Å². The number of piperidine rings is 2. The van der Waals surface area contributed by atoms with E-state index in [0.29, 0.717) is 38.5 Å². The van der Waals surface area contributed by atoms with Gasteiger partial charge in [-0.25, -0.2) is 4.68 Å². The zero-order valence-electron chi connectivity index (χ0n) is 15.7. The average Bonchev–Trinajstić information content (AvgIpc) is 2.93. The predicted octanol–water partition coefficient (Wildman–Crippen LogP) is 0.651. The van der Waals surface area contributed by atoms with E-state index in [0.717, 1.165) is 31.5 Å². The van der Waals surface area contributed by atoms with Crippen molar-refractivity contribution in [2.45, 2.75) is 39.2 Å². The molecule has 0 aromatic carbocycles. The molecular weight excluding hydrogens is 334 g/mol. The maximum Gasteiger partial charge on any atom is 0.244 e. The van der Waals surface area contributed by atoms with Crippen molar-refractivity contribution in [3.63, 3.8) is 0 Å². The first-order chi connectivity index (χ1) is 12.4. The molecule has 2 N–H and O–H groups in total. The molecule has 2 aliphatic rings. The number of amides is 2. The fourth-order valence-electron chi connectivity index (χ4n) is 4.18. The van der Waals surface area contributed by atoms with Gasteiger partial charge in [0.05, 0.1) is 12.3 Å². The second kappa shape index (κ2) is 7.65. The summed E-state index contributed by atoms with van der Waals surface area (Å²) in [4.78, 5) is 28.8. The van der Waals surface area contributed by atoms with E-state index < -0.39 is 0 Å². The first-order valence-corrected chi connectivity index (χ1v) is 9.27. The van der Waals surface area contributed by atoms with E-state index in [-0.39, 0.29) is 23.8 Å². The van der Waals surface area contributed by atoms with Gasteiger partial charge in [0.2, 0.25) is 11.8 Å². The maximum absolute atomic E-state index is 12.8. The average molecular weight is 363 g/mol. The van der Waals surface area contributed by atoms with E-state index in [1.807, 2.05) is 16.7 Å². The third-order valence-corrected chi connectivity index (χ3v) is 5.55. The number of rotatable bonds is 5. The number of hydrogen-bond donors (Lipinski definition) is 1. The van der Waals surface area contributed by atoms with Crippen LogP contribution in [0.25, 0.3) is 0 Å². The minimum Gasteiger partial charge on any atom is -0.384 e. The summed E-state index contributed by atoms with van der Waals surface area (Å²) in [5.41, 5.74) is 6.72. The molecule has 26 heavy (non-hydrogen) atoms. The second-order valence-electron chi connectivity index (χ2n) is 7.60. The largest absolute Gasteiger partial charge is 0.384 e. The number of nitrogens with zero attached hydrogens (tertiary/aromatic N) is 4. The fourth-order valence-corrected chi connectivity index (χ4v) is 4.18. The molecule has 0 saturated carbocycles. The van der Waals surface area contributed by atoms with Gasteiger partial charge >= 0.3 is 0 Å². The van der Waals surface area contributed by atoms with Crippen molar-refractivity contribution < 1.29 is 14.3 Å². The molecule has 2 aliphatic heterocycles. The van der Waals surface area contributed by atoms with Crippen molar-refractivity contribution in [1.29, 1.82) is 0 Å². The Hall–Kier alpha value is -2.09. The van der Waals surface area contributed by atoms with Gasteiger partial charge in [0.15, 0.2) is 0 Å². The van der Waals surface area contributed by atoms with Gasteiger partial charge in [-0.1, -0.05) is 0 Å². The molecule has 144 valence electrons. The molecule has 0 bridgehead atoms. The predicted molar refractivity (Wildman–Crippen MR) is 97.3 cm³/mol. The van der Waals surface area contributed by atoms with Gasteiger partial charge in [0.1, 0.15) is 12.4 Å². The van der Waals surface area contributed by atoms with E-state index in [1.54, 1.807) is 17.9 Å². The van der Waals surface area contributed by atoms with Gasteiger partial charge in [-0.15, -0.1) is 0 Å². The van der Waals surface area contributed by atoms with Crippen LogP contribution in [-0.2, 0) is 20.9 Å². The molecule has 1 aromatic heterocycles. The molecule has 1 unspecified atom stereocenters. The molecule has 2 fully saturated rings. The minimum absolute atomic E-state index is 0.00113. The lowest BCUT2D eigenvalue weighted by atomic mass is 9.73. The number of ether oxygens (including phenoxy) is 1. The Labute approximate surface area is 154 Å². The van der Waals surface area contributed by atoms with Crippen molar-refractivity contribution in [3.05, 3.63) is 11.8 Å². The Balaban J connectivity index is 1.65. The Kier molecular flexibility index (Phi) is 5.50. The lowest BCUT2D eigenvalue weighted by Gasteiger charge is -2.48. The molecule has 2 amide bonds. The number of hydrogen-bond acceptors (Lipinski definition) is 5. The smallest absolute Gasteiger partial charge is 0.244 e. The molecule has 1 atom stereocenters. The van der Waals surface area contributed by atoms with Crippen LogP contribution in [0.3, 0.4) is 0 Å². The summed E-state index contributed by atoms with van der Waals surface area (Å²) in [5.74, 6) is 0.742. The van der Waals surface area contributed by atoms with E-state index in [2.05, 4.69) is 5.10 Å². The molecule has 1 aromatic rings. The zero-order valence-corrected chi connectivity index (χ0v) is 15.7. The van der Waals surface area contributed by atoms with Crippen molar-refractivity contribution in [2.24, 2.45) is 5.41 Å².